The van der Waals surface area contributed by atoms with Gasteiger partial charge in [0.15, 0.2) is 0 Å². The summed E-state index contributed by atoms with van der Waals surface area (Å²) in [7, 11) is 0. The molecule has 0 aromatic heterocycles. The van der Waals surface area contributed by atoms with Crippen LogP contribution in [0, 0.1) is 0 Å². The lowest BCUT2D eigenvalue weighted by atomic mass is 9.53. The van der Waals surface area contributed by atoms with Gasteiger partial charge in [-0.3, -0.25) is 0 Å². The molecule has 2 aliphatic rings. The van der Waals surface area contributed by atoms with Crippen LogP contribution in [0.15, 0.2) is 18.2 Å². The SMILES string of the molecule is NCCC12CCCCC1(O)CCc1ccc(Cl)cc12. The predicted molar refractivity (Wildman–Crippen MR) is 78.5 cm³/mol. The van der Waals surface area contributed by atoms with Crippen LogP contribution in [-0.4, -0.2) is 17.3 Å². The fraction of sp³-hybridized carbons (Fsp3) is 0.625. The molecular weight excluding hydrogens is 258 g/mol. The molecule has 2 nitrogen and oxygen atoms in total. The van der Waals surface area contributed by atoms with E-state index in [1.54, 1.807) is 0 Å². The summed E-state index contributed by atoms with van der Waals surface area (Å²) < 4.78 is 0. The topological polar surface area (TPSA) is 46.2 Å². The Morgan fingerprint density at radius 1 is 1.21 bits per heavy atom. The summed E-state index contributed by atoms with van der Waals surface area (Å²) in [6.45, 7) is 0.619. The van der Waals surface area contributed by atoms with Gasteiger partial charge in [-0.15, -0.1) is 0 Å². The predicted octanol–water partition coefficient (Wildman–Crippen LogP) is 3.18. The molecule has 19 heavy (non-hydrogen) atoms. The molecule has 3 rings (SSSR count). The highest BCUT2D eigenvalue weighted by atomic mass is 35.5. The summed E-state index contributed by atoms with van der Waals surface area (Å²) in [5.74, 6) is 0. The molecule has 0 heterocycles. The minimum absolute atomic E-state index is 0.168. The van der Waals surface area contributed by atoms with Crippen LogP contribution in [0.2, 0.25) is 5.02 Å². The van der Waals surface area contributed by atoms with Crippen molar-refractivity contribution in [2.24, 2.45) is 5.73 Å². The van der Waals surface area contributed by atoms with Gasteiger partial charge in [0.1, 0.15) is 0 Å². The van der Waals surface area contributed by atoms with E-state index in [4.69, 9.17) is 17.3 Å². The minimum Gasteiger partial charge on any atom is -0.389 e. The van der Waals surface area contributed by atoms with Gasteiger partial charge in [0.05, 0.1) is 5.60 Å². The number of hydrogen-bond acceptors (Lipinski definition) is 2. The highest BCUT2D eigenvalue weighted by Crippen LogP contribution is 2.54. The third-order valence-corrected chi connectivity index (χ3v) is 5.54. The molecule has 0 aliphatic heterocycles. The van der Waals surface area contributed by atoms with Crippen molar-refractivity contribution >= 4 is 11.6 Å². The van der Waals surface area contributed by atoms with Crippen molar-refractivity contribution in [2.45, 2.75) is 56.0 Å². The number of rotatable bonds is 2. The van der Waals surface area contributed by atoms with Gasteiger partial charge < -0.3 is 10.8 Å². The number of nitrogens with two attached hydrogens (primary N) is 1. The molecule has 0 spiro atoms. The summed E-state index contributed by atoms with van der Waals surface area (Å²) >= 11 is 6.20. The van der Waals surface area contributed by atoms with Gasteiger partial charge in [-0.1, -0.05) is 30.5 Å². The third-order valence-electron chi connectivity index (χ3n) is 5.30. The van der Waals surface area contributed by atoms with E-state index in [9.17, 15) is 5.11 Å². The Balaban J connectivity index is 2.17. The summed E-state index contributed by atoms with van der Waals surface area (Å²) in [6.07, 6.45) is 6.91. The second-order valence-electron chi connectivity index (χ2n) is 6.16. The van der Waals surface area contributed by atoms with Gasteiger partial charge >= 0.3 is 0 Å². The van der Waals surface area contributed by atoms with E-state index < -0.39 is 5.60 Å². The van der Waals surface area contributed by atoms with Gasteiger partial charge in [0.2, 0.25) is 0 Å². The van der Waals surface area contributed by atoms with Gasteiger partial charge in [-0.2, -0.15) is 0 Å². The van der Waals surface area contributed by atoms with Crippen molar-refractivity contribution in [3.8, 4) is 0 Å². The molecule has 0 radical (unpaired) electrons. The van der Waals surface area contributed by atoms with Gasteiger partial charge in [0.25, 0.3) is 0 Å². The number of aliphatic hydroxyl groups is 1. The van der Waals surface area contributed by atoms with Crippen molar-refractivity contribution in [1.82, 2.24) is 0 Å². The number of aryl methyl sites for hydroxylation is 1. The molecular formula is C16H22ClNO. The standard InChI is InChI=1S/C16H22ClNO/c17-13-4-3-12-5-8-16(19)7-2-1-6-15(16,9-10-18)14(12)11-13/h3-4,11,19H,1-2,5-10,18H2. The molecule has 0 bridgehead atoms. The largest absolute Gasteiger partial charge is 0.389 e. The minimum atomic E-state index is -0.581. The molecule has 2 aliphatic carbocycles. The van der Waals surface area contributed by atoms with E-state index in [0.717, 1.165) is 43.5 Å². The summed E-state index contributed by atoms with van der Waals surface area (Å²) in [5.41, 5.74) is 7.74. The Bertz CT molecular complexity index is 486. The lowest BCUT2D eigenvalue weighted by Gasteiger charge is -2.54. The second-order valence-corrected chi connectivity index (χ2v) is 6.60. The molecule has 3 N–H and O–H groups in total. The lowest BCUT2D eigenvalue weighted by molar-refractivity contribution is -0.0862. The number of hydrogen-bond donors (Lipinski definition) is 2. The zero-order valence-electron chi connectivity index (χ0n) is 11.3. The fourth-order valence-electron chi connectivity index (χ4n) is 4.36. The Labute approximate surface area is 120 Å². The highest BCUT2D eigenvalue weighted by Gasteiger charge is 2.54. The molecule has 2 atom stereocenters. The van der Waals surface area contributed by atoms with Crippen molar-refractivity contribution in [2.75, 3.05) is 6.54 Å². The molecule has 0 saturated heterocycles. The molecule has 1 aromatic carbocycles. The summed E-state index contributed by atoms with van der Waals surface area (Å²) in [6, 6.07) is 6.16. The average Bonchev–Trinajstić information content (AvgIpc) is 2.40. The summed E-state index contributed by atoms with van der Waals surface area (Å²) in [4.78, 5) is 0. The first-order chi connectivity index (χ1) is 9.11. The maximum absolute atomic E-state index is 11.2. The first kappa shape index (κ1) is 13.4. The first-order valence-corrected chi connectivity index (χ1v) is 7.70. The number of fused-ring (bicyclic) bond motifs is 3. The molecule has 1 fully saturated rings. The van der Waals surface area contributed by atoms with Crippen LogP contribution in [0.5, 0.6) is 0 Å². The van der Waals surface area contributed by atoms with Crippen LogP contribution in [-0.2, 0) is 11.8 Å². The van der Waals surface area contributed by atoms with Crippen molar-refractivity contribution in [3.63, 3.8) is 0 Å². The van der Waals surface area contributed by atoms with Gasteiger partial charge in [-0.25, -0.2) is 0 Å². The fourth-order valence-corrected chi connectivity index (χ4v) is 4.53. The Morgan fingerprint density at radius 2 is 2.00 bits per heavy atom. The Kier molecular flexibility index (Phi) is 3.36. The molecule has 0 amide bonds. The third kappa shape index (κ3) is 1.93. The zero-order chi connectivity index (χ0) is 13.5. The van der Waals surface area contributed by atoms with Crippen molar-refractivity contribution in [1.29, 1.82) is 0 Å². The first-order valence-electron chi connectivity index (χ1n) is 7.33. The van der Waals surface area contributed by atoms with Crippen LogP contribution >= 0.6 is 11.6 Å². The van der Waals surface area contributed by atoms with E-state index in [1.165, 1.54) is 17.5 Å². The Morgan fingerprint density at radius 3 is 2.79 bits per heavy atom. The lowest BCUT2D eigenvalue weighted by Crippen LogP contribution is -2.57. The Hall–Kier alpha value is -0.570. The van der Waals surface area contributed by atoms with Crippen LogP contribution < -0.4 is 5.73 Å². The van der Waals surface area contributed by atoms with Crippen molar-refractivity contribution in [3.05, 3.63) is 34.3 Å². The molecule has 104 valence electrons. The quantitative estimate of drug-likeness (QED) is 0.873. The highest BCUT2D eigenvalue weighted by molar-refractivity contribution is 6.30. The van der Waals surface area contributed by atoms with E-state index in [2.05, 4.69) is 12.1 Å². The normalized spacial score (nSPS) is 33.6. The molecule has 1 aromatic rings. The number of benzene rings is 1. The van der Waals surface area contributed by atoms with Crippen LogP contribution in [0.4, 0.5) is 0 Å². The average molecular weight is 280 g/mol. The maximum atomic E-state index is 11.2. The van der Waals surface area contributed by atoms with Gasteiger partial charge in [-0.05, 0) is 61.9 Å². The van der Waals surface area contributed by atoms with Crippen molar-refractivity contribution < 1.29 is 5.11 Å². The van der Waals surface area contributed by atoms with Crippen LogP contribution in [0.3, 0.4) is 0 Å². The second kappa shape index (κ2) is 4.76. The zero-order valence-corrected chi connectivity index (χ0v) is 12.0. The molecule has 1 saturated carbocycles. The molecule has 2 unspecified atom stereocenters. The monoisotopic (exact) mass is 279 g/mol. The van der Waals surface area contributed by atoms with Crippen LogP contribution in [0.25, 0.3) is 0 Å². The molecule has 3 heteroatoms. The van der Waals surface area contributed by atoms with E-state index in [1.807, 2.05) is 6.07 Å². The summed E-state index contributed by atoms with van der Waals surface area (Å²) in [5, 5.41) is 12.0. The van der Waals surface area contributed by atoms with E-state index >= 15 is 0 Å². The smallest absolute Gasteiger partial charge is 0.0747 e. The maximum Gasteiger partial charge on any atom is 0.0747 e. The number of halogens is 1. The van der Waals surface area contributed by atoms with E-state index in [0.29, 0.717) is 6.54 Å². The van der Waals surface area contributed by atoms with Crippen LogP contribution in [0.1, 0.15) is 49.7 Å². The van der Waals surface area contributed by atoms with Gasteiger partial charge in [0, 0.05) is 10.4 Å². The van der Waals surface area contributed by atoms with E-state index in [-0.39, 0.29) is 5.41 Å².